The Balaban J connectivity index is 0.00000480. The van der Waals surface area contributed by atoms with Gasteiger partial charge in [0.1, 0.15) is 5.75 Å². The molecule has 0 aliphatic rings. The smallest absolute Gasteiger partial charge is 0.251 e. The summed E-state index contributed by atoms with van der Waals surface area (Å²) in [5.41, 5.74) is 2.89. The monoisotopic (exact) mass is 538 g/mol. The number of aliphatic imine (C=N–C) groups is 1. The van der Waals surface area contributed by atoms with Gasteiger partial charge < -0.3 is 20.7 Å². The molecule has 3 N–H and O–H groups in total. The number of carbonyl (C=O) groups is 1. The minimum Gasteiger partial charge on any atom is -0.493 e. The lowest BCUT2D eigenvalue weighted by atomic mass is 10.1. The van der Waals surface area contributed by atoms with Gasteiger partial charge in [-0.25, -0.2) is 4.99 Å². The van der Waals surface area contributed by atoms with Crippen LogP contribution in [-0.2, 0) is 13.0 Å². The van der Waals surface area contributed by atoms with Crippen molar-refractivity contribution in [2.75, 3.05) is 26.7 Å². The molecule has 0 fully saturated rings. The summed E-state index contributed by atoms with van der Waals surface area (Å²) in [5.74, 6) is 2.08. The maximum absolute atomic E-state index is 11.8. The molecule has 0 unspecified atom stereocenters. The number of rotatable bonds is 10. The number of hydrogen-bond donors (Lipinski definition) is 3. The first-order valence-electron chi connectivity index (χ1n) is 10.6. The summed E-state index contributed by atoms with van der Waals surface area (Å²) < 4.78 is 5.80. The number of hydrogen-bond acceptors (Lipinski definition) is 3. The minimum atomic E-state index is -0.0701. The van der Waals surface area contributed by atoms with Gasteiger partial charge in [-0.2, -0.15) is 0 Å². The van der Waals surface area contributed by atoms with Crippen molar-refractivity contribution in [3.8, 4) is 5.75 Å². The summed E-state index contributed by atoms with van der Waals surface area (Å²) in [6.07, 6.45) is 0.799. The highest BCUT2D eigenvalue weighted by molar-refractivity contribution is 14.0. The zero-order valence-electron chi connectivity index (χ0n) is 18.9. The van der Waals surface area contributed by atoms with E-state index in [1.807, 2.05) is 49.4 Å². The molecule has 0 aliphatic heterocycles. The summed E-state index contributed by atoms with van der Waals surface area (Å²) in [6, 6.07) is 15.8. The van der Waals surface area contributed by atoms with Crippen molar-refractivity contribution >= 4 is 35.8 Å². The van der Waals surface area contributed by atoms with Crippen molar-refractivity contribution in [2.45, 2.75) is 33.7 Å². The molecule has 31 heavy (non-hydrogen) atoms. The number of guanidine groups is 1. The molecule has 0 saturated heterocycles. The van der Waals surface area contributed by atoms with Crippen LogP contribution in [0.15, 0.2) is 53.5 Å². The molecule has 2 rings (SSSR count). The number of nitrogens with one attached hydrogen (secondary N) is 3. The van der Waals surface area contributed by atoms with Gasteiger partial charge >= 0.3 is 0 Å². The van der Waals surface area contributed by atoms with Crippen LogP contribution in [0.4, 0.5) is 0 Å². The molecule has 170 valence electrons. The highest BCUT2D eigenvalue weighted by Gasteiger charge is 2.04. The number of amides is 1. The van der Waals surface area contributed by atoms with Crippen LogP contribution < -0.4 is 20.7 Å². The highest BCUT2D eigenvalue weighted by Crippen LogP contribution is 2.15. The maximum atomic E-state index is 11.8. The normalized spacial score (nSPS) is 10.9. The van der Waals surface area contributed by atoms with Crippen molar-refractivity contribution in [3.63, 3.8) is 0 Å². The summed E-state index contributed by atoms with van der Waals surface area (Å²) >= 11 is 0. The third kappa shape index (κ3) is 10.0. The van der Waals surface area contributed by atoms with E-state index in [1.165, 1.54) is 0 Å². The predicted molar refractivity (Wildman–Crippen MR) is 139 cm³/mol. The topological polar surface area (TPSA) is 74.8 Å². The summed E-state index contributed by atoms with van der Waals surface area (Å²) in [5, 5.41) is 9.30. The van der Waals surface area contributed by atoms with Crippen molar-refractivity contribution in [3.05, 3.63) is 65.2 Å². The molecule has 0 atom stereocenters. The molecule has 1 amide bonds. The van der Waals surface area contributed by atoms with E-state index in [2.05, 4.69) is 40.9 Å². The molecule has 0 bridgehead atoms. The average Bonchev–Trinajstić information content (AvgIpc) is 2.76. The Bertz CT molecular complexity index is 840. The van der Waals surface area contributed by atoms with Gasteiger partial charge in [-0.15, -0.1) is 24.0 Å². The quantitative estimate of drug-likeness (QED) is 0.243. The fourth-order valence-electron chi connectivity index (χ4n) is 2.85. The molecule has 0 aliphatic carbocycles. The van der Waals surface area contributed by atoms with Crippen LogP contribution >= 0.6 is 24.0 Å². The first-order valence-corrected chi connectivity index (χ1v) is 10.6. The van der Waals surface area contributed by atoms with Crippen LogP contribution in [0.25, 0.3) is 0 Å². The fourth-order valence-corrected chi connectivity index (χ4v) is 2.85. The SMILES string of the molecule is CCNC(=NCc1cccc(OCC(C)C)c1)NCCc1cccc(C(=O)NC)c1.I. The Morgan fingerprint density at radius 1 is 1.06 bits per heavy atom. The molecule has 0 spiro atoms. The van der Waals surface area contributed by atoms with Crippen molar-refractivity contribution < 1.29 is 9.53 Å². The summed E-state index contributed by atoms with van der Waals surface area (Å²) in [4.78, 5) is 16.5. The Morgan fingerprint density at radius 2 is 1.81 bits per heavy atom. The zero-order valence-corrected chi connectivity index (χ0v) is 21.2. The Labute approximate surface area is 203 Å². The third-order valence-electron chi connectivity index (χ3n) is 4.37. The second-order valence-corrected chi connectivity index (χ2v) is 7.50. The maximum Gasteiger partial charge on any atom is 0.251 e. The van der Waals surface area contributed by atoms with Gasteiger partial charge in [-0.1, -0.05) is 38.1 Å². The van der Waals surface area contributed by atoms with E-state index in [-0.39, 0.29) is 29.9 Å². The van der Waals surface area contributed by atoms with E-state index in [9.17, 15) is 4.79 Å². The van der Waals surface area contributed by atoms with Gasteiger partial charge in [-0.3, -0.25) is 4.79 Å². The van der Waals surface area contributed by atoms with E-state index < -0.39 is 0 Å². The molecule has 2 aromatic carbocycles. The first-order chi connectivity index (χ1) is 14.5. The average molecular weight is 538 g/mol. The fraction of sp³-hybridized carbons (Fsp3) is 0.417. The third-order valence-corrected chi connectivity index (χ3v) is 4.37. The van der Waals surface area contributed by atoms with Gasteiger partial charge in [0.25, 0.3) is 5.91 Å². The Morgan fingerprint density at radius 3 is 2.52 bits per heavy atom. The second-order valence-electron chi connectivity index (χ2n) is 7.50. The van der Waals surface area contributed by atoms with Gasteiger partial charge in [0.05, 0.1) is 13.2 Å². The highest BCUT2D eigenvalue weighted by atomic mass is 127. The number of benzene rings is 2. The molecule has 0 aromatic heterocycles. The first kappa shape index (κ1) is 26.7. The lowest BCUT2D eigenvalue weighted by Crippen LogP contribution is -2.38. The lowest BCUT2D eigenvalue weighted by Gasteiger charge is -2.12. The summed E-state index contributed by atoms with van der Waals surface area (Å²) in [7, 11) is 1.64. The van der Waals surface area contributed by atoms with E-state index in [1.54, 1.807) is 7.05 Å². The van der Waals surface area contributed by atoms with Gasteiger partial charge in [0.2, 0.25) is 0 Å². The predicted octanol–water partition coefficient (Wildman–Crippen LogP) is 4.00. The number of ether oxygens (including phenoxy) is 1. The van der Waals surface area contributed by atoms with Crippen LogP contribution in [0, 0.1) is 5.92 Å². The van der Waals surface area contributed by atoms with Gasteiger partial charge in [-0.05, 0) is 54.7 Å². The van der Waals surface area contributed by atoms with Gasteiger partial charge in [0.15, 0.2) is 5.96 Å². The number of carbonyl (C=O) groups excluding carboxylic acids is 1. The molecule has 0 saturated carbocycles. The van der Waals surface area contributed by atoms with E-state index in [4.69, 9.17) is 4.74 Å². The molecule has 6 nitrogen and oxygen atoms in total. The van der Waals surface area contributed by atoms with Crippen LogP contribution in [0.2, 0.25) is 0 Å². The Kier molecular flexibility index (Phi) is 12.7. The van der Waals surface area contributed by atoms with Crippen LogP contribution in [0.3, 0.4) is 0 Å². The minimum absolute atomic E-state index is 0. The number of halogens is 1. The van der Waals surface area contributed by atoms with Crippen molar-refractivity contribution in [2.24, 2.45) is 10.9 Å². The van der Waals surface area contributed by atoms with Crippen LogP contribution in [0.5, 0.6) is 5.75 Å². The summed E-state index contributed by atoms with van der Waals surface area (Å²) in [6.45, 7) is 9.10. The Hall–Kier alpha value is -2.29. The van der Waals surface area contributed by atoms with Crippen molar-refractivity contribution in [1.82, 2.24) is 16.0 Å². The van der Waals surface area contributed by atoms with Crippen LogP contribution in [-0.4, -0.2) is 38.6 Å². The molecular weight excluding hydrogens is 503 g/mol. The van der Waals surface area contributed by atoms with E-state index in [0.29, 0.717) is 24.6 Å². The van der Waals surface area contributed by atoms with Crippen LogP contribution in [0.1, 0.15) is 42.3 Å². The molecular formula is C24H35IN4O2. The number of nitrogens with zero attached hydrogens (tertiary/aromatic N) is 1. The van der Waals surface area contributed by atoms with Crippen molar-refractivity contribution in [1.29, 1.82) is 0 Å². The largest absolute Gasteiger partial charge is 0.493 e. The molecule has 2 aromatic rings. The zero-order chi connectivity index (χ0) is 21.8. The van der Waals surface area contributed by atoms with E-state index >= 15 is 0 Å². The molecule has 0 heterocycles. The molecule has 7 heteroatoms. The second kappa shape index (κ2) is 14.7. The lowest BCUT2D eigenvalue weighted by molar-refractivity contribution is 0.0963. The standard InChI is InChI=1S/C24H34N4O2.HI/c1-5-26-24(27-13-12-19-8-6-10-21(14-19)23(29)25-4)28-16-20-9-7-11-22(15-20)30-17-18(2)3;/h6-11,14-15,18H,5,12-13,16-17H2,1-4H3,(H,25,29)(H2,26,27,28);1H. The van der Waals surface area contributed by atoms with Gasteiger partial charge in [0, 0.05) is 25.7 Å². The molecule has 0 radical (unpaired) electrons. The van der Waals surface area contributed by atoms with E-state index in [0.717, 1.165) is 42.3 Å².